The number of hydrogen-bond donors (Lipinski definition) is 1. The van der Waals surface area contributed by atoms with Crippen LogP contribution in [0, 0.1) is 11.3 Å². The Bertz CT molecular complexity index is 325. The minimum atomic E-state index is -0.598. The van der Waals surface area contributed by atoms with Crippen LogP contribution in [0.4, 0.5) is 0 Å². The van der Waals surface area contributed by atoms with Crippen LogP contribution in [0.15, 0.2) is 0 Å². The summed E-state index contributed by atoms with van der Waals surface area (Å²) in [6.07, 6.45) is 2.18. The number of rotatable bonds is 5. The lowest BCUT2D eigenvalue weighted by molar-refractivity contribution is -0.122. The van der Waals surface area contributed by atoms with E-state index in [-0.39, 0.29) is 10.7 Å². The van der Waals surface area contributed by atoms with Crippen molar-refractivity contribution in [2.45, 2.75) is 50.3 Å². The smallest absolute Gasteiger partial charge is 0.221 e. The SMILES string of the molecule is CC(C)(C)SCCCC(=O)N[C@]1(C#N)CCSC1. The predicted octanol–water partition coefficient (Wildman–Crippen LogP) is 2.81. The summed E-state index contributed by atoms with van der Waals surface area (Å²) >= 11 is 3.61. The third-order valence-electron chi connectivity index (χ3n) is 2.70. The number of hydrogen-bond acceptors (Lipinski definition) is 4. The molecule has 0 bridgehead atoms. The second kappa shape index (κ2) is 6.72. The van der Waals surface area contributed by atoms with Gasteiger partial charge in [-0.15, -0.1) is 0 Å². The molecular formula is C13H22N2OS2. The number of carbonyl (C=O) groups excluding carboxylic acids is 1. The fraction of sp³-hybridized carbons (Fsp3) is 0.846. The van der Waals surface area contributed by atoms with Gasteiger partial charge in [0.25, 0.3) is 0 Å². The van der Waals surface area contributed by atoms with Gasteiger partial charge in [-0.25, -0.2) is 0 Å². The summed E-state index contributed by atoms with van der Waals surface area (Å²) in [6.45, 7) is 6.54. The van der Waals surface area contributed by atoms with Gasteiger partial charge in [-0.05, 0) is 24.3 Å². The minimum Gasteiger partial charge on any atom is -0.337 e. The van der Waals surface area contributed by atoms with Crippen molar-refractivity contribution in [1.82, 2.24) is 5.32 Å². The molecule has 1 aliphatic rings. The number of carbonyl (C=O) groups is 1. The third kappa shape index (κ3) is 5.53. The first-order valence-corrected chi connectivity index (χ1v) is 8.45. The monoisotopic (exact) mass is 286 g/mol. The number of nitrogens with zero attached hydrogens (tertiary/aromatic N) is 1. The van der Waals surface area contributed by atoms with Crippen LogP contribution in [0.1, 0.15) is 40.0 Å². The van der Waals surface area contributed by atoms with Crippen LogP contribution < -0.4 is 5.32 Å². The van der Waals surface area contributed by atoms with Crippen LogP contribution in [0.2, 0.25) is 0 Å². The molecule has 1 atom stereocenters. The molecule has 0 radical (unpaired) electrons. The summed E-state index contributed by atoms with van der Waals surface area (Å²) < 4.78 is 0.256. The van der Waals surface area contributed by atoms with Crippen molar-refractivity contribution in [2.24, 2.45) is 0 Å². The van der Waals surface area contributed by atoms with E-state index in [0.29, 0.717) is 6.42 Å². The molecule has 1 heterocycles. The first kappa shape index (κ1) is 15.7. The highest BCUT2D eigenvalue weighted by Gasteiger charge is 2.35. The third-order valence-corrected chi connectivity index (χ3v) is 5.25. The first-order chi connectivity index (χ1) is 8.37. The van der Waals surface area contributed by atoms with Crippen LogP contribution in [-0.2, 0) is 4.79 Å². The van der Waals surface area contributed by atoms with Crippen molar-refractivity contribution in [2.75, 3.05) is 17.3 Å². The highest BCUT2D eigenvalue weighted by atomic mass is 32.2. The van der Waals surface area contributed by atoms with E-state index < -0.39 is 5.54 Å². The number of amides is 1. The largest absolute Gasteiger partial charge is 0.337 e. The summed E-state index contributed by atoms with van der Waals surface area (Å²) in [5, 5.41) is 12.1. The molecule has 0 aromatic rings. The summed E-state index contributed by atoms with van der Waals surface area (Å²) in [4.78, 5) is 11.8. The van der Waals surface area contributed by atoms with Crippen molar-refractivity contribution in [1.29, 1.82) is 5.26 Å². The lowest BCUT2D eigenvalue weighted by Crippen LogP contribution is -2.47. The van der Waals surface area contributed by atoms with E-state index in [4.69, 9.17) is 5.26 Å². The Labute approximate surface area is 118 Å². The Morgan fingerprint density at radius 3 is 2.78 bits per heavy atom. The molecule has 0 aromatic heterocycles. The van der Waals surface area contributed by atoms with Gasteiger partial charge in [-0.3, -0.25) is 4.79 Å². The van der Waals surface area contributed by atoms with Crippen LogP contribution in [0.3, 0.4) is 0 Å². The summed E-state index contributed by atoms with van der Waals surface area (Å²) in [7, 11) is 0. The maximum atomic E-state index is 11.8. The van der Waals surface area contributed by atoms with E-state index in [9.17, 15) is 4.79 Å². The fourth-order valence-electron chi connectivity index (χ4n) is 1.72. The zero-order valence-corrected chi connectivity index (χ0v) is 13.0. The molecular weight excluding hydrogens is 264 g/mol. The molecule has 1 saturated heterocycles. The molecule has 5 heteroatoms. The zero-order valence-electron chi connectivity index (χ0n) is 11.4. The number of nitriles is 1. The van der Waals surface area contributed by atoms with Gasteiger partial charge in [0.2, 0.25) is 5.91 Å². The van der Waals surface area contributed by atoms with E-state index in [1.54, 1.807) is 11.8 Å². The maximum Gasteiger partial charge on any atom is 0.221 e. The van der Waals surface area contributed by atoms with Gasteiger partial charge < -0.3 is 5.32 Å². The molecule has 0 unspecified atom stereocenters. The van der Waals surface area contributed by atoms with Crippen LogP contribution in [0.5, 0.6) is 0 Å². The van der Waals surface area contributed by atoms with Gasteiger partial charge in [-0.1, -0.05) is 20.8 Å². The highest BCUT2D eigenvalue weighted by molar-refractivity contribution is 8.00. The molecule has 0 aromatic carbocycles. The van der Waals surface area contributed by atoms with E-state index in [0.717, 1.165) is 30.1 Å². The Balaban J connectivity index is 2.24. The van der Waals surface area contributed by atoms with E-state index in [1.807, 2.05) is 11.8 Å². The van der Waals surface area contributed by atoms with Crippen molar-refractivity contribution in [3.8, 4) is 6.07 Å². The molecule has 18 heavy (non-hydrogen) atoms. The Kier molecular flexibility index (Phi) is 5.87. The molecule has 102 valence electrons. The Morgan fingerprint density at radius 1 is 1.56 bits per heavy atom. The standard InChI is InChI=1S/C13H22N2OS2/c1-12(2,3)18-7-4-5-11(16)15-13(9-14)6-8-17-10-13/h4-8,10H2,1-3H3,(H,15,16)/t13-/m0/s1. The summed E-state index contributed by atoms with van der Waals surface area (Å²) in [5.74, 6) is 2.71. The van der Waals surface area contributed by atoms with Crippen LogP contribution in [0.25, 0.3) is 0 Å². The molecule has 3 nitrogen and oxygen atoms in total. The molecule has 1 aliphatic heterocycles. The fourth-order valence-corrected chi connectivity index (χ4v) is 3.89. The van der Waals surface area contributed by atoms with E-state index >= 15 is 0 Å². The molecule has 1 fully saturated rings. The first-order valence-electron chi connectivity index (χ1n) is 6.31. The molecule has 0 saturated carbocycles. The summed E-state index contributed by atoms with van der Waals surface area (Å²) in [5.41, 5.74) is -0.598. The molecule has 0 aliphatic carbocycles. The summed E-state index contributed by atoms with van der Waals surface area (Å²) in [6, 6.07) is 2.27. The average Bonchev–Trinajstić information content (AvgIpc) is 2.72. The second-order valence-electron chi connectivity index (χ2n) is 5.61. The van der Waals surface area contributed by atoms with Gasteiger partial charge in [0, 0.05) is 16.9 Å². The zero-order chi connectivity index (χ0) is 13.6. The van der Waals surface area contributed by atoms with Crippen molar-refractivity contribution >= 4 is 29.4 Å². The van der Waals surface area contributed by atoms with Crippen molar-refractivity contribution in [3.05, 3.63) is 0 Å². The Morgan fingerprint density at radius 2 is 2.28 bits per heavy atom. The van der Waals surface area contributed by atoms with E-state index in [1.165, 1.54) is 0 Å². The van der Waals surface area contributed by atoms with Gasteiger partial charge in [0.1, 0.15) is 5.54 Å². The minimum absolute atomic E-state index is 0.0218. The highest BCUT2D eigenvalue weighted by Crippen LogP contribution is 2.27. The number of thioether (sulfide) groups is 2. The predicted molar refractivity (Wildman–Crippen MR) is 79.9 cm³/mol. The average molecular weight is 286 g/mol. The lowest BCUT2D eigenvalue weighted by atomic mass is 10.0. The maximum absolute atomic E-state index is 11.8. The second-order valence-corrected chi connectivity index (χ2v) is 8.64. The van der Waals surface area contributed by atoms with Gasteiger partial charge >= 0.3 is 0 Å². The molecule has 1 N–H and O–H groups in total. The van der Waals surface area contributed by atoms with Crippen molar-refractivity contribution < 1.29 is 4.79 Å². The van der Waals surface area contributed by atoms with Crippen LogP contribution in [-0.4, -0.2) is 33.5 Å². The van der Waals surface area contributed by atoms with Gasteiger partial charge in [0.15, 0.2) is 0 Å². The molecule has 1 rings (SSSR count). The van der Waals surface area contributed by atoms with Crippen LogP contribution >= 0.6 is 23.5 Å². The molecule has 0 spiro atoms. The Hall–Kier alpha value is -0.340. The topological polar surface area (TPSA) is 52.9 Å². The van der Waals surface area contributed by atoms with Crippen molar-refractivity contribution in [3.63, 3.8) is 0 Å². The lowest BCUT2D eigenvalue weighted by Gasteiger charge is -2.21. The normalized spacial score (nSPS) is 23.7. The van der Waals surface area contributed by atoms with Gasteiger partial charge in [0.05, 0.1) is 6.07 Å². The number of nitrogens with one attached hydrogen (secondary N) is 1. The van der Waals surface area contributed by atoms with Gasteiger partial charge in [-0.2, -0.15) is 28.8 Å². The quantitative estimate of drug-likeness (QED) is 0.790. The molecule has 1 amide bonds. The van der Waals surface area contributed by atoms with E-state index in [2.05, 4.69) is 32.2 Å².